The summed E-state index contributed by atoms with van der Waals surface area (Å²) in [5.41, 5.74) is 1.38. The lowest BCUT2D eigenvalue weighted by molar-refractivity contribution is -0.141. The number of hydrogen-bond donors (Lipinski definition) is 2. The summed E-state index contributed by atoms with van der Waals surface area (Å²) in [7, 11) is 0. The van der Waals surface area contributed by atoms with Crippen LogP contribution >= 0.6 is 0 Å². The highest BCUT2D eigenvalue weighted by Crippen LogP contribution is 2.31. The van der Waals surface area contributed by atoms with Crippen molar-refractivity contribution in [2.24, 2.45) is 11.8 Å². The van der Waals surface area contributed by atoms with Crippen LogP contribution in [0, 0.1) is 24.6 Å². The van der Waals surface area contributed by atoms with Crippen LogP contribution in [0.15, 0.2) is 18.2 Å². The number of aliphatic carboxylic acids is 1. The van der Waals surface area contributed by atoms with Crippen molar-refractivity contribution in [2.75, 3.05) is 0 Å². The Morgan fingerprint density at radius 2 is 2.05 bits per heavy atom. The molecule has 1 aliphatic rings. The Bertz CT molecular complexity index is 530. The number of rotatable bonds is 4. The highest BCUT2D eigenvalue weighted by Gasteiger charge is 2.33. The molecule has 5 heteroatoms. The van der Waals surface area contributed by atoms with E-state index in [1.807, 2.05) is 0 Å². The number of nitrogens with one attached hydrogen (secondary N) is 1. The lowest BCUT2D eigenvalue weighted by Crippen LogP contribution is -2.29. The maximum Gasteiger partial charge on any atom is 0.306 e. The predicted molar refractivity (Wildman–Crippen MR) is 71.5 cm³/mol. The lowest BCUT2D eigenvalue weighted by atomic mass is 10.0. The van der Waals surface area contributed by atoms with Crippen LogP contribution in [0.5, 0.6) is 0 Å². The smallest absolute Gasteiger partial charge is 0.306 e. The Labute approximate surface area is 117 Å². The quantitative estimate of drug-likeness (QED) is 0.888. The molecule has 1 fully saturated rings. The molecule has 1 aromatic rings. The van der Waals surface area contributed by atoms with Gasteiger partial charge in [0.2, 0.25) is 5.91 Å². The minimum Gasteiger partial charge on any atom is -0.481 e. The number of carbonyl (C=O) groups is 2. The molecule has 0 unspecified atom stereocenters. The third-order valence-corrected chi connectivity index (χ3v) is 3.84. The van der Waals surface area contributed by atoms with Gasteiger partial charge in [-0.05, 0) is 43.4 Å². The molecular formula is C15H18FNO3. The maximum atomic E-state index is 13.1. The third kappa shape index (κ3) is 3.35. The Morgan fingerprint density at radius 3 is 2.65 bits per heavy atom. The summed E-state index contributed by atoms with van der Waals surface area (Å²) < 4.78 is 13.1. The monoisotopic (exact) mass is 279 g/mol. The molecule has 0 aliphatic heterocycles. The van der Waals surface area contributed by atoms with Crippen molar-refractivity contribution < 1.29 is 19.1 Å². The van der Waals surface area contributed by atoms with Gasteiger partial charge in [-0.3, -0.25) is 9.59 Å². The molecule has 20 heavy (non-hydrogen) atoms. The van der Waals surface area contributed by atoms with Crippen molar-refractivity contribution in [1.82, 2.24) is 5.32 Å². The van der Waals surface area contributed by atoms with Crippen LogP contribution in [0.1, 0.15) is 30.4 Å². The average molecular weight is 279 g/mol. The molecule has 0 radical (unpaired) electrons. The number of amides is 1. The first-order chi connectivity index (χ1) is 9.47. The lowest BCUT2D eigenvalue weighted by Gasteiger charge is -2.11. The van der Waals surface area contributed by atoms with Gasteiger partial charge in [0.15, 0.2) is 0 Å². The summed E-state index contributed by atoms with van der Waals surface area (Å²) in [4.78, 5) is 22.8. The summed E-state index contributed by atoms with van der Waals surface area (Å²) in [6, 6.07) is 4.72. The molecule has 0 spiro atoms. The zero-order valence-electron chi connectivity index (χ0n) is 11.4. The minimum atomic E-state index is -0.825. The first-order valence-corrected chi connectivity index (χ1v) is 6.73. The van der Waals surface area contributed by atoms with E-state index in [1.165, 1.54) is 6.07 Å². The Balaban J connectivity index is 1.86. The van der Waals surface area contributed by atoms with E-state index < -0.39 is 11.9 Å². The largest absolute Gasteiger partial charge is 0.481 e. The van der Waals surface area contributed by atoms with Crippen molar-refractivity contribution in [3.63, 3.8) is 0 Å². The van der Waals surface area contributed by atoms with Crippen molar-refractivity contribution >= 4 is 11.9 Å². The zero-order valence-corrected chi connectivity index (χ0v) is 11.4. The highest BCUT2D eigenvalue weighted by molar-refractivity contribution is 5.80. The average Bonchev–Trinajstić information content (AvgIpc) is 2.89. The SMILES string of the molecule is Cc1cc(CNC(=O)[C@@H]2CC[C@H](C(=O)O)C2)ccc1F. The van der Waals surface area contributed by atoms with Gasteiger partial charge in [-0.2, -0.15) is 0 Å². The van der Waals surface area contributed by atoms with Crippen molar-refractivity contribution in [1.29, 1.82) is 0 Å². The van der Waals surface area contributed by atoms with Gasteiger partial charge in [-0.1, -0.05) is 12.1 Å². The van der Waals surface area contributed by atoms with E-state index in [-0.39, 0.29) is 17.6 Å². The molecule has 2 rings (SSSR count). The van der Waals surface area contributed by atoms with Crippen LogP contribution in [0.2, 0.25) is 0 Å². The van der Waals surface area contributed by atoms with Crippen molar-refractivity contribution in [3.05, 3.63) is 35.1 Å². The summed E-state index contributed by atoms with van der Waals surface area (Å²) >= 11 is 0. The fourth-order valence-electron chi connectivity index (χ4n) is 2.59. The summed E-state index contributed by atoms with van der Waals surface area (Å²) in [6.07, 6.45) is 1.58. The number of aryl methyl sites for hydroxylation is 1. The number of benzene rings is 1. The summed E-state index contributed by atoms with van der Waals surface area (Å²) in [5, 5.41) is 11.7. The van der Waals surface area contributed by atoms with Gasteiger partial charge < -0.3 is 10.4 Å². The summed E-state index contributed by atoms with van der Waals surface area (Å²) in [6.45, 7) is 2.02. The van der Waals surface area contributed by atoms with Gasteiger partial charge >= 0.3 is 5.97 Å². The van der Waals surface area contributed by atoms with Gasteiger partial charge in [0.05, 0.1) is 5.92 Å². The molecule has 108 valence electrons. The van der Waals surface area contributed by atoms with E-state index in [2.05, 4.69) is 5.32 Å². The van der Waals surface area contributed by atoms with Gasteiger partial charge in [0.25, 0.3) is 0 Å². The molecule has 2 atom stereocenters. The topological polar surface area (TPSA) is 66.4 Å². The van der Waals surface area contributed by atoms with Crippen LogP contribution in [-0.4, -0.2) is 17.0 Å². The zero-order chi connectivity index (χ0) is 14.7. The van der Waals surface area contributed by atoms with E-state index >= 15 is 0 Å². The normalized spacial score (nSPS) is 21.7. The van der Waals surface area contributed by atoms with Crippen LogP contribution in [0.25, 0.3) is 0 Å². The standard InChI is InChI=1S/C15H18FNO3/c1-9-6-10(2-5-13(9)16)8-17-14(18)11-3-4-12(7-11)15(19)20/h2,5-6,11-12H,3-4,7-8H2,1H3,(H,17,18)(H,19,20)/t11-,12+/m1/s1. The summed E-state index contributed by atoms with van der Waals surface area (Å²) in [5.74, 6) is -1.83. The fraction of sp³-hybridized carbons (Fsp3) is 0.467. The fourth-order valence-corrected chi connectivity index (χ4v) is 2.59. The molecule has 4 nitrogen and oxygen atoms in total. The van der Waals surface area contributed by atoms with E-state index in [4.69, 9.17) is 5.11 Å². The first-order valence-electron chi connectivity index (χ1n) is 6.73. The first kappa shape index (κ1) is 14.5. The van der Waals surface area contributed by atoms with Gasteiger partial charge in [-0.15, -0.1) is 0 Å². The molecule has 0 heterocycles. The number of carboxylic acids is 1. The van der Waals surface area contributed by atoms with Crippen molar-refractivity contribution in [2.45, 2.75) is 32.7 Å². The van der Waals surface area contributed by atoms with Crippen LogP contribution in [0.4, 0.5) is 4.39 Å². The molecular weight excluding hydrogens is 261 g/mol. The number of carbonyl (C=O) groups excluding carboxylic acids is 1. The molecule has 2 N–H and O–H groups in total. The van der Waals surface area contributed by atoms with Gasteiger partial charge in [0, 0.05) is 12.5 Å². The molecule has 1 amide bonds. The molecule has 0 aromatic heterocycles. The predicted octanol–water partition coefficient (Wildman–Crippen LogP) is 2.25. The second-order valence-corrected chi connectivity index (χ2v) is 5.35. The van der Waals surface area contributed by atoms with Crippen LogP contribution < -0.4 is 5.32 Å². The molecule has 1 aromatic carbocycles. The minimum absolute atomic E-state index is 0.115. The van der Waals surface area contributed by atoms with E-state index in [1.54, 1.807) is 19.1 Å². The van der Waals surface area contributed by atoms with Crippen molar-refractivity contribution in [3.8, 4) is 0 Å². The molecule has 1 aliphatic carbocycles. The van der Waals surface area contributed by atoms with Crippen LogP contribution in [0.3, 0.4) is 0 Å². The molecule has 1 saturated carbocycles. The second kappa shape index (κ2) is 6.03. The van der Waals surface area contributed by atoms with E-state index in [0.717, 1.165) is 5.56 Å². The third-order valence-electron chi connectivity index (χ3n) is 3.84. The van der Waals surface area contributed by atoms with Crippen LogP contribution in [-0.2, 0) is 16.1 Å². The molecule has 0 saturated heterocycles. The highest BCUT2D eigenvalue weighted by atomic mass is 19.1. The Hall–Kier alpha value is -1.91. The van der Waals surface area contributed by atoms with Gasteiger partial charge in [0.1, 0.15) is 5.82 Å². The van der Waals surface area contributed by atoms with E-state index in [0.29, 0.717) is 31.4 Å². The van der Waals surface area contributed by atoms with E-state index in [9.17, 15) is 14.0 Å². The number of halogens is 1. The Kier molecular flexibility index (Phi) is 4.37. The Morgan fingerprint density at radius 1 is 1.35 bits per heavy atom. The van der Waals surface area contributed by atoms with Gasteiger partial charge in [-0.25, -0.2) is 4.39 Å². The number of hydrogen-bond acceptors (Lipinski definition) is 2. The second-order valence-electron chi connectivity index (χ2n) is 5.35. The maximum absolute atomic E-state index is 13.1. The molecule has 0 bridgehead atoms. The number of carboxylic acid groups (broad SMARTS) is 1.